The quantitative estimate of drug-likeness (QED) is 0.904. The molecule has 0 atom stereocenters. The first-order valence-electron chi connectivity index (χ1n) is 6.93. The number of hydrogen-bond acceptors (Lipinski definition) is 4. The summed E-state index contributed by atoms with van der Waals surface area (Å²) in [5.74, 6) is 0.760. The molecule has 1 aromatic heterocycles. The molecule has 1 aliphatic rings. The van der Waals surface area contributed by atoms with Crippen LogP contribution >= 0.6 is 0 Å². The number of carbonyl (C=O) groups is 1. The highest BCUT2D eigenvalue weighted by Crippen LogP contribution is 2.12. The highest BCUT2D eigenvalue weighted by atomic mass is 16.1. The minimum atomic E-state index is -0.163. The van der Waals surface area contributed by atoms with Gasteiger partial charge >= 0.3 is 0 Å². The minimum Gasteiger partial charge on any atom is -0.370 e. The Labute approximate surface area is 123 Å². The lowest BCUT2D eigenvalue weighted by molar-refractivity contribution is 0.102. The van der Waals surface area contributed by atoms with Crippen LogP contribution in [0.1, 0.15) is 22.3 Å². The predicted octanol–water partition coefficient (Wildman–Crippen LogP) is 2.07. The summed E-state index contributed by atoms with van der Waals surface area (Å²) < 4.78 is 0. The van der Waals surface area contributed by atoms with E-state index in [1.54, 1.807) is 24.5 Å². The molecular weight excluding hydrogens is 264 g/mol. The number of pyridine rings is 1. The predicted molar refractivity (Wildman–Crippen MR) is 82.7 cm³/mol. The number of amides is 1. The molecule has 5 heteroatoms. The van der Waals surface area contributed by atoms with Crippen molar-refractivity contribution in [3.05, 3.63) is 59.9 Å². The van der Waals surface area contributed by atoms with Crippen LogP contribution in [-0.2, 0) is 0 Å². The lowest BCUT2D eigenvalue weighted by atomic mass is 10.1. The third-order valence-electron chi connectivity index (χ3n) is 3.24. The number of aliphatic imine (C=N–C) groups is 1. The molecule has 1 aromatic carbocycles. The Morgan fingerprint density at radius 1 is 1.19 bits per heavy atom. The second kappa shape index (κ2) is 6.17. The average molecular weight is 280 g/mol. The van der Waals surface area contributed by atoms with Gasteiger partial charge in [-0.1, -0.05) is 0 Å². The summed E-state index contributed by atoms with van der Waals surface area (Å²) >= 11 is 0. The Morgan fingerprint density at radius 2 is 2.05 bits per heavy atom. The number of benzene rings is 1. The summed E-state index contributed by atoms with van der Waals surface area (Å²) in [4.78, 5) is 20.4. The monoisotopic (exact) mass is 280 g/mol. The normalized spacial score (nSPS) is 14.0. The van der Waals surface area contributed by atoms with Crippen LogP contribution in [0.15, 0.2) is 53.8 Å². The molecular formula is C16H16N4O. The van der Waals surface area contributed by atoms with E-state index in [0.29, 0.717) is 5.56 Å². The molecule has 1 aliphatic heterocycles. The number of nitrogens with one attached hydrogen (secondary N) is 2. The number of amidine groups is 1. The molecule has 0 bridgehead atoms. The Balaban J connectivity index is 1.70. The molecule has 0 unspecified atom stereocenters. The fourth-order valence-corrected chi connectivity index (χ4v) is 2.14. The number of rotatable bonds is 3. The molecule has 21 heavy (non-hydrogen) atoms. The lowest BCUT2D eigenvalue weighted by Gasteiger charge is -2.15. The zero-order valence-electron chi connectivity index (χ0n) is 11.5. The molecule has 2 N–H and O–H groups in total. The van der Waals surface area contributed by atoms with Gasteiger partial charge in [-0.05, 0) is 42.8 Å². The smallest absolute Gasteiger partial charge is 0.257 e. The summed E-state index contributed by atoms with van der Waals surface area (Å²) in [6, 6.07) is 11.1. The number of nitrogens with zero attached hydrogens (tertiary/aromatic N) is 2. The lowest BCUT2D eigenvalue weighted by Crippen LogP contribution is -2.30. The molecule has 3 rings (SSSR count). The average Bonchev–Trinajstić information content (AvgIpc) is 2.57. The van der Waals surface area contributed by atoms with Gasteiger partial charge in [-0.2, -0.15) is 0 Å². The standard InChI is InChI=1S/C16H16N4O/c21-16(13-3-1-8-17-11-13)20-14-6-4-12(5-7-14)15-18-9-2-10-19-15/h1,3-8,11H,2,9-10H2,(H,18,19)(H,20,21). The molecule has 0 saturated carbocycles. The van der Waals surface area contributed by atoms with Gasteiger partial charge in [0.15, 0.2) is 0 Å². The molecule has 0 saturated heterocycles. The van der Waals surface area contributed by atoms with Crippen molar-refractivity contribution in [3.63, 3.8) is 0 Å². The van der Waals surface area contributed by atoms with E-state index in [-0.39, 0.29) is 5.91 Å². The molecule has 2 aromatic rings. The van der Waals surface area contributed by atoms with Crippen LogP contribution in [0, 0.1) is 0 Å². The largest absolute Gasteiger partial charge is 0.370 e. The van der Waals surface area contributed by atoms with Crippen LogP contribution in [0.2, 0.25) is 0 Å². The first kappa shape index (κ1) is 13.3. The Morgan fingerprint density at radius 3 is 2.71 bits per heavy atom. The van der Waals surface area contributed by atoms with Gasteiger partial charge in [0.05, 0.1) is 5.56 Å². The highest BCUT2D eigenvalue weighted by Gasteiger charge is 2.08. The molecule has 2 heterocycles. The number of hydrogen-bond donors (Lipinski definition) is 2. The fraction of sp³-hybridized carbons (Fsp3) is 0.188. The maximum absolute atomic E-state index is 12.0. The van der Waals surface area contributed by atoms with Crippen molar-refractivity contribution >= 4 is 17.4 Å². The third kappa shape index (κ3) is 3.25. The zero-order chi connectivity index (χ0) is 14.5. The van der Waals surface area contributed by atoms with Gasteiger partial charge in [-0.3, -0.25) is 14.8 Å². The van der Waals surface area contributed by atoms with Crippen molar-refractivity contribution in [1.29, 1.82) is 0 Å². The van der Waals surface area contributed by atoms with Gasteiger partial charge < -0.3 is 10.6 Å². The van der Waals surface area contributed by atoms with E-state index in [9.17, 15) is 4.79 Å². The molecule has 1 amide bonds. The number of anilines is 1. The molecule has 0 spiro atoms. The van der Waals surface area contributed by atoms with Crippen molar-refractivity contribution in [2.45, 2.75) is 6.42 Å². The summed E-state index contributed by atoms with van der Waals surface area (Å²) in [5.41, 5.74) is 2.33. The van der Waals surface area contributed by atoms with Crippen molar-refractivity contribution < 1.29 is 4.79 Å². The fourth-order valence-electron chi connectivity index (χ4n) is 2.14. The maximum atomic E-state index is 12.0. The van der Waals surface area contributed by atoms with Crippen LogP contribution in [0.25, 0.3) is 0 Å². The summed E-state index contributed by atoms with van der Waals surface area (Å²) in [6.45, 7) is 1.82. The van der Waals surface area contributed by atoms with Crippen LogP contribution in [-0.4, -0.2) is 29.8 Å². The van der Waals surface area contributed by atoms with E-state index in [1.807, 2.05) is 24.3 Å². The van der Waals surface area contributed by atoms with Gasteiger partial charge in [0, 0.05) is 36.7 Å². The molecule has 0 fully saturated rings. The SMILES string of the molecule is O=C(Nc1ccc(C2=NCCCN2)cc1)c1cccnc1. The number of carbonyl (C=O) groups excluding carboxylic acids is 1. The van der Waals surface area contributed by atoms with E-state index in [4.69, 9.17) is 0 Å². The summed E-state index contributed by atoms with van der Waals surface area (Å²) in [5, 5.41) is 6.12. The summed E-state index contributed by atoms with van der Waals surface area (Å²) in [6.07, 6.45) is 4.26. The molecule has 0 aliphatic carbocycles. The second-order valence-electron chi connectivity index (χ2n) is 4.78. The first-order chi connectivity index (χ1) is 10.3. The van der Waals surface area contributed by atoms with E-state index >= 15 is 0 Å². The van der Waals surface area contributed by atoms with Crippen molar-refractivity contribution in [3.8, 4) is 0 Å². The van der Waals surface area contributed by atoms with Crippen LogP contribution in [0.3, 0.4) is 0 Å². The van der Waals surface area contributed by atoms with Crippen LogP contribution in [0.4, 0.5) is 5.69 Å². The van der Waals surface area contributed by atoms with Gasteiger partial charge in [-0.25, -0.2) is 0 Å². The Bertz CT molecular complexity index is 650. The van der Waals surface area contributed by atoms with Gasteiger partial charge in [0.2, 0.25) is 0 Å². The van der Waals surface area contributed by atoms with Gasteiger partial charge in [0.1, 0.15) is 5.84 Å². The van der Waals surface area contributed by atoms with Gasteiger partial charge in [-0.15, -0.1) is 0 Å². The molecule has 5 nitrogen and oxygen atoms in total. The zero-order valence-corrected chi connectivity index (χ0v) is 11.5. The third-order valence-corrected chi connectivity index (χ3v) is 3.24. The van der Waals surface area contributed by atoms with E-state index in [0.717, 1.165) is 36.6 Å². The molecule has 106 valence electrons. The summed E-state index contributed by atoms with van der Waals surface area (Å²) in [7, 11) is 0. The molecule has 0 radical (unpaired) electrons. The number of aromatic nitrogens is 1. The van der Waals surface area contributed by atoms with Crippen molar-refractivity contribution in [1.82, 2.24) is 10.3 Å². The van der Waals surface area contributed by atoms with E-state index in [2.05, 4.69) is 20.6 Å². The Hall–Kier alpha value is -2.69. The maximum Gasteiger partial charge on any atom is 0.257 e. The van der Waals surface area contributed by atoms with Gasteiger partial charge in [0.25, 0.3) is 5.91 Å². The highest BCUT2D eigenvalue weighted by molar-refractivity contribution is 6.04. The van der Waals surface area contributed by atoms with E-state index < -0.39 is 0 Å². The first-order valence-corrected chi connectivity index (χ1v) is 6.93. The second-order valence-corrected chi connectivity index (χ2v) is 4.78. The minimum absolute atomic E-state index is 0.163. The Kier molecular flexibility index (Phi) is 3.91. The van der Waals surface area contributed by atoms with Crippen LogP contribution < -0.4 is 10.6 Å². The van der Waals surface area contributed by atoms with Crippen molar-refractivity contribution in [2.24, 2.45) is 4.99 Å². The topological polar surface area (TPSA) is 66.4 Å². The van der Waals surface area contributed by atoms with Crippen LogP contribution in [0.5, 0.6) is 0 Å². The van der Waals surface area contributed by atoms with Crippen molar-refractivity contribution in [2.75, 3.05) is 18.4 Å². The van der Waals surface area contributed by atoms with E-state index in [1.165, 1.54) is 0 Å².